The minimum atomic E-state index is -4.73. The van der Waals surface area contributed by atoms with Gasteiger partial charge in [0, 0.05) is 24.3 Å². The standard InChI is InChI=1S/C32H35N2O7P/c1-21(2)16-29(31(36)19-24-7-5-6-22(3)17-24)34-32(37)26(20-30(35)25-10-12-27(33-4)13-11-25)18-23-8-14-28(15-9-23)41-42(38,39)40/h5-15,17,21,26,29H,16,18-20H2,1-3H3,(H,34,37)(H2,38,39,40). The molecule has 0 bridgehead atoms. The Morgan fingerprint density at radius 2 is 1.64 bits per heavy atom. The molecule has 3 rings (SSSR count). The number of Topliss-reactive ketones (excluding diaryl/α,β-unsaturated/α-hetero) is 2. The normalized spacial score (nSPS) is 12.7. The van der Waals surface area contributed by atoms with Crippen molar-refractivity contribution in [3.63, 3.8) is 0 Å². The Morgan fingerprint density at radius 3 is 2.21 bits per heavy atom. The number of amides is 1. The molecule has 0 radical (unpaired) electrons. The summed E-state index contributed by atoms with van der Waals surface area (Å²) in [5, 5.41) is 2.91. The molecular weight excluding hydrogens is 555 g/mol. The SMILES string of the molecule is [C-]#[N+]c1ccc(C(=O)CC(Cc2ccc(OP(=O)(O)O)cc2)C(=O)NC(CC(C)C)C(=O)Cc2cccc(C)c2)cc1. The van der Waals surface area contributed by atoms with E-state index in [4.69, 9.17) is 16.4 Å². The van der Waals surface area contributed by atoms with Crippen LogP contribution in [0.4, 0.5) is 5.69 Å². The Morgan fingerprint density at radius 1 is 0.976 bits per heavy atom. The number of phosphoric ester groups is 1. The number of carbonyl (C=O) groups excluding carboxylic acids is 3. The summed E-state index contributed by atoms with van der Waals surface area (Å²) in [6.07, 6.45) is 0.583. The summed E-state index contributed by atoms with van der Waals surface area (Å²) in [4.78, 5) is 61.7. The number of ketones is 2. The Kier molecular flexibility index (Phi) is 11.3. The van der Waals surface area contributed by atoms with Gasteiger partial charge in [-0.1, -0.05) is 80.1 Å². The number of aryl methyl sites for hydroxylation is 1. The molecule has 42 heavy (non-hydrogen) atoms. The monoisotopic (exact) mass is 590 g/mol. The number of nitrogens with one attached hydrogen (secondary N) is 1. The second-order valence-electron chi connectivity index (χ2n) is 10.7. The second-order valence-corrected chi connectivity index (χ2v) is 11.9. The molecule has 2 unspecified atom stereocenters. The van der Waals surface area contributed by atoms with E-state index in [1.54, 1.807) is 24.3 Å². The zero-order valence-corrected chi connectivity index (χ0v) is 24.7. The first-order chi connectivity index (χ1) is 19.8. The minimum Gasteiger partial charge on any atom is -0.404 e. The Labute approximate surface area is 246 Å². The van der Waals surface area contributed by atoms with Crippen LogP contribution in [0.1, 0.15) is 53.7 Å². The fourth-order valence-corrected chi connectivity index (χ4v) is 5.00. The van der Waals surface area contributed by atoms with Gasteiger partial charge in [0.2, 0.25) is 5.91 Å². The van der Waals surface area contributed by atoms with Gasteiger partial charge >= 0.3 is 7.82 Å². The molecule has 0 saturated heterocycles. The first-order valence-electron chi connectivity index (χ1n) is 13.6. The van der Waals surface area contributed by atoms with Crippen LogP contribution in [0.3, 0.4) is 0 Å². The largest absolute Gasteiger partial charge is 0.524 e. The van der Waals surface area contributed by atoms with Crippen molar-refractivity contribution < 1.29 is 33.3 Å². The molecule has 0 aliphatic heterocycles. The molecule has 9 nitrogen and oxygen atoms in total. The smallest absolute Gasteiger partial charge is 0.404 e. The highest BCUT2D eigenvalue weighted by Gasteiger charge is 2.28. The summed E-state index contributed by atoms with van der Waals surface area (Å²) in [5.74, 6) is -1.61. The van der Waals surface area contributed by atoms with Crippen LogP contribution in [0.5, 0.6) is 5.75 Å². The van der Waals surface area contributed by atoms with Gasteiger partial charge in [-0.25, -0.2) is 9.41 Å². The molecular formula is C32H35N2O7P. The number of benzene rings is 3. The third-order valence-electron chi connectivity index (χ3n) is 6.62. The van der Waals surface area contributed by atoms with Crippen molar-refractivity contribution in [2.24, 2.45) is 11.8 Å². The Hall–Kier alpha value is -4.09. The van der Waals surface area contributed by atoms with E-state index < -0.39 is 25.7 Å². The molecule has 3 aromatic rings. The van der Waals surface area contributed by atoms with Crippen molar-refractivity contribution in [2.75, 3.05) is 0 Å². The maximum Gasteiger partial charge on any atom is 0.524 e. The van der Waals surface area contributed by atoms with Crippen LogP contribution in [0, 0.1) is 25.3 Å². The lowest BCUT2D eigenvalue weighted by atomic mass is 9.90. The van der Waals surface area contributed by atoms with Gasteiger partial charge < -0.3 is 9.84 Å². The van der Waals surface area contributed by atoms with Gasteiger partial charge in [-0.3, -0.25) is 24.2 Å². The number of phosphoric acid groups is 1. The van der Waals surface area contributed by atoms with Crippen molar-refractivity contribution in [2.45, 2.75) is 52.5 Å². The number of hydrogen-bond acceptors (Lipinski definition) is 5. The quantitative estimate of drug-likeness (QED) is 0.123. The highest BCUT2D eigenvalue weighted by Crippen LogP contribution is 2.37. The average Bonchev–Trinajstić information content (AvgIpc) is 2.92. The molecule has 0 aromatic heterocycles. The highest BCUT2D eigenvalue weighted by atomic mass is 31.2. The number of rotatable bonds is 14. The fraction of sp³-hybridized carbons (Fsp3) is 0.312. The van der Waals surface area contributed by atoms with E-state index in [1.807, 2.05) is 45.0 Å². The zero-order chi connectivity index (χ0) is 30.9. The summed E-state index contributed by atoms with van der Waals surface area (Å²) < 4.78 is 15.8. The van der Waals surface area contributed by atoms with Gasteiger partial charge in [0.15, 0.2) is 17.3 Å². The average molecular weight is 591 g/mol. The van der Waals surface area contributed by atoms with Crippen LogP contribution < -0.4 is 9.84 Å². The molecule has 0 aliphatic rings. The Bertz CT molecular complexity index is 1490. The first-order valence-corrected chi connectivity index (χ1v) is 15.1. The lowest BCUT2D eigenvalue weighted by molar-refractivity contribution is -0.130. The molecule has 0 aliphatic carbocycles. The van der Waals surface area contributed by atoms with Gasteiger partial charge in [-0.15, -0.1) is 0 Å². The van der Waals surface area contributed by atoms with E-state index in [0.717, 1.165) is 11.1 Å². The van der Waals surface area contributed by atoms with E-state index in [-0.39, 0.29) is 42.5 Å². The molecule has 10 heteroatoms. The summed E-state index contributed by atoms with van der Waals surface area (Å²) in [6.45, 7) is 13.0. The number of carbonyl (C=O) groups is 3. The zero-order valence-electron chi connectivity index (χ0n) is 23.8. The van der Waals surface area contributed by atoms with Crippen LogP contribution in [0.25, 0.3) is 4.85 Å². The van der Waals surface area contributed by atoms with Crippen LogP contribution in [0.2, 0.25) is 0 Å². The van der Waals surface area contributed by atoms with Gasteiger partial charge in [-0.05, 0) is 48.9 Å². The molecule has 0 spiro atoms. The summed E-state index contributed by atoms with van der Waals surface area (Å²) in [6, 6.07) is 19.0. The van der Waals surface area contributed by atoms with E-state index in [9.17, 15) is 18.9 Å². The summed E-state index contributed by atoms with van der Waals surface area (Å²) in [7, 11) is -4.73. The predicted octanol–water partition coefficient (Wildman–Crippen LogP) is 5.79. The van der Waals surface area contributed by atoms with Crippen molar-refractivity contribution in [3.8, 4) is 5.75 Å². The van der Waals surface area contributed by atoms with Crippen LogP contribution in [-0.2, 0) is 27.0 Å². The second kappa shape index (κ2) is 14.7. The lowest BCUT2D eigenvalue weighted by Crippen LogP contribution is -2.45. The highest BCUT2D eigenvalue weighted by molar-refractivity contribution is 7.46. The van der Waals surface area contributed by atoms with Crippen LogP contribution in [-0.4, -0.2) is 33.3 Å². The van der Waals surface area contributed by atoms with Crippen LogP contribution in [0.15, 0.2) is 72.8 Å². The summed E-state index contributed by atoms with van der Waals surface area (Å²) >= 11 is 0. The molecule has 3 aromatic carbocycles. The molecule has 0 heterocycles. The van der Waals surface area contributed by atoms with Crippen molar-refractivity contribution in [1.82, 2.24) is 5.32 Å². The van der Waals surface area contributed by atoms with Crippen LogP contribution >= 0.6 is 7.82 Å². The molecule has 1 amide bonds. The molecule has 3 N–H and O–H groups in total. The third kappa shape index (κ3) is 10.4. The van der Waals surface area contributed by atoms with Gasteiger partial charge in [0.1, 0.15) is 5.75 Å². The number of nitrogens with zero attached hydrogens (tertiary/aromatic N) is 1. The van der Waals surface area contributed by atoms with Crippen molar-refractivity contribution in [3.05, 3.63) is 106 Å². The molecule has 0 saturated carbocycles. The molecule has 2 atom stereocenters. The van der Waals surface area contributed by atoms with E-state index in [0.29, 0.717) is 23.2 Å². The Balaban J connectivity index is 1.84. The maximum absolute atomic E-state index is 13.7. The minimum absolute atomic E-state index is 0.0391. The van der Waals surface area contributed by atoms with E-state index in [1.165, 1.54) is 24.3 Å². The predicted molar refractivity (Wildman–Crippen MR) is 159 cm³/mol. The lowest BCUT2D eigenvalue weighted by Gasteiger charge is -2.23. The van der Waals surface area contributed by atoms with E-state index in [2.05, 4.69) is 14.7 Å². The topological polar surface area (TPSA) is 134 Å². The van der Waals surface area contributed by atoms with Crippen molar-refractivity contribution >= 4 is 31.0 Å². The van der Waals surface area contributed by atoms with Gasteiger partial charge in [0.05, 0.1) is 12.6 Å². The third-order valence-corrected chi connectivity index (χ3v) is 7.07. The fourth-order valence-electron chi connectivity index (χ4n) is 4.61. The van der Waals surface area contributed by atoms with E-state index >= 15 is 0 Å². The maximum atomic E-state index is 13.7. The van der Waals surface area contributed by atoms with Gasteiger partial charge in [-0.2, -0.15) is 0 Å². The molecule has 220 valence electrons. The van der Waals surface area contributed by atoms with Gasteiger partial charge in [0.25, 0.3) is 0 Å². The number of hydrogen-bond donors (Lipinski definition) is 3. The van der Waals surface area contributed by atoms with Crippen molar-refractivity contribution in [1.29, 1.82) is 0 Å². The summed E-state index contributed by atoms with van der Waals surface area (Å²) in [5.41, 5.74) is 3.28. The first kappa shape index (κ1) is 32.4. The molecule has 0 fully saturated rings.